The van der Waals surface area contributed by atoms with E-state index < -0.39 is 0 Å². The number of rotatable bonds is 1. The van der Waals surface area contributed by atoms with E-state index >= 15 is 0 Å². The van der Waals surface area contributed by atoms with Crippen LogP contribution in [0.1, 0.15) is 68.5 Å². The molecule has 0 amide bonds. The Bertz CT molecular complexity index is 757. The van der Waals surface area contributed by atoms with Crippen molar-refractivity contribution >= 4 is 0 Å². The Morgan fingerprint density at radius 1 is 0.923 bits per heavy atom. The Morgan fingerprint density at radius 2 is 1.58 bits per heavy atom. The zero-order valence-electron chi connectivity index (χ0n) is 15.1. The van der Waals surface area contributed by atoms with E-state index in [1.165, 1.54) is 44.1 Å². The van der Waals surface area contributed by atoms with Gasteiger partial charge in [0.15, 0.2) is 0 Å². The van der Waals surface area contributed by atoms with Crippen LogP contribution < -0.4 is 5.43 Å². The van der Waals surface area contributed by atoms with E-state index in [2.05, 4.69) is 46.0 Å². The lowest BCUT2D eigenvalue weighted by Gasteiger charge is -2.40. The minimum absolute atomic E-state index is 0.0307. The molecule has 26 heavy (non-hydrogen) atoms. The molecule has 1 aromatic carbocycles. The smallest absolute Gasteiger partial charge is 0.0991 e. The molecule has 134 valence electrons. The molecule has 1 aromatic rings. The first kappa shape index (κ1) is 17.1. The first-order chi connectivity index (χ1) is 12.8. The van der Waals surface area contributed by atoms with Crippen molar-refractivity contribution in [2.75, 3.05) is 6.54 Å². The summed E-state index contributed by atoms with van der Waals surface area (Å²) in [4.78, 5) is 0. The molecular weight excluding hydrogens is 322 g/mol. The van der Waals surface area contributed by atoms with Gasteiger partial charge in [0.25, 0.3) is 0 Å². The maximum Gasteiger partial charge on any atom is 0.0991 e. The summed E-state index contributed by atoms with van der Waals surface area (Å²) in [5.41, 5.74) is 6.38. The average Bonchev–Trinajstić information content (AvgIpc) is 3.24. The van der Waals surface area contributed by atoms with Crippen molar-refractivity contribution in [3.05, 3.63) is 47.2 Å². The molecule has 1 spiro atoms. The molecule has 0 bridgehead atoms. The fourth-order valence-corrected chi connectivity index (χ4v) is 4.79. The van der Waals surface area contributed by atoms with Crippen LogP contribution in [0.4, 0.5) is 0 Å². The molecule has 5 heteroatoms. The standard InChI is InChI=1S/C21H25N5/c22-13-17-7-9-19(10-8-17)20-21(11-5-3-1-2-4-6-12-21)25-15-18(14-23)16-26(25)24-20/h7-10,15,20,24H,1-6,11-12,16H2. The van der Waals surface area contributed by atoms with Gasteiger partial charge in [0.2, 0.25) is 0 Å². The van der Waals surface area contributed by atoms with Gasteiger partial charge in [-0.15, -0.1) is 0 Å². The van der Waals surface area contributed by atoms with Crippen LogP contribution in [0, 0.1) is 22.7 Å². The quantitative estimate of drug-likeness (QED) is 0.834. The van der Waals surface area contributed by atoms with Crippen molar-refractivity contribution in [3.63, 3.8) is 0 Å². The summed E-state index contributed by atoms with van der Waals surface area (Å²) in [6, 6.07) is 12.7. The molecule has 1 atom stereocenters. The lowest BCUT2D eigenvalue weighted by molar-refractivity contribution is -0.00817. The second kappa shape index (κ2) is 7.11. The van der Waals surface area contributed by atoms with Gasteiger partial charge in [-0.05, 0) is 30.5 Å². The Kier molecular flexibility index (Phi) is 4.68. The third-order valence-corrected chi connectivity index (χ3v) is 6.12. The number of fused-ring (bicyclic) bond motifs is 2. The van der Waals surface area contributed by atoms with E-state index in [0.717, 1.165) is 18.4 Å². The van der Waals surface area contributed by atoms with Crippen LogP contribution in [0.2, 0.25) is 0 Å². The van der Waals surface area contributed by atoms with Gasteiger partial charge in [0.1, 0.15) is 0 Å². The maximum atomic E-state index is 9.36. The Balaban J connectivity index is 1.73. The summed E-state index contributed by atoms with van der Waals surface area (Å²) in [5.74, 6) is 0. The molecule has 2 aliphatic heterocycles. The number of hydrogen-bond acceptors (Lipinski definition) is 5. The fourth-order valence-electron chi connectivity index (χ4n) is 4.79. The van der Waals surface area contributed by atoms with Crippen molar-refractivity contribution in [2.24, 2.45) is 0 Å². The van der Waals surface area contributed by atoms with Gasteiger partial charge in [-0.2, -0.15) is 15.6 Å². The minimum atomic E-state index is -0.0307. The third kappa shape index (κ3) is 2.88. The van der Waals surface area contributed by atoms with E-state index in [1.807, 2.05) is 12.1 Å². The predicted molar refractivity (Wildman–Crippen MR) is 98.9 cm³/mol. The topological polar surface area (TPSA) is 66.1 Å². The van der Waals surface area contributed by atoms with Crippen molar-refractivity contribution in [1.29, 1.82) is 10.5 Å². The molecule has 1 aliphatic carbocycles. The number of nitriles is 2. The summed E-state index contributed by atoms with van der Waals surface area (Å²) in [6.45, 7) is 0.630. The summed E-state index contributed by atoms with van der Waals surface area (Å²) < 4.78 is 0. The van der Waals surface area contributed by atoms with Crippen LogP contribution in [-0.2, 0) is 0 Å². The van der Waals surface area contributed by atoms with Gasteiger partial charge in [-0.1, -0.05) is 50.7 Å². The van der Waals surface area contributed by atoms with E-state index in [-0.39, 0.29) is 11.6 Å². The second-order valence-corrected chi connectivity index (χ2v) is 7.69. The highest BCUT2D eigenvalue weighted by Gasteiger charge is 2.53. The van der Waals surface area contributed by atoms with Crippen LogP contribution in [-0.4, -0.2) is 22.2 Å². The molecule has 5 nitrogen and oxygen atoms in total. The van der Waals surface area contributed by atoms with Gasteiger partial charge in [0.05, 0.1) is 41.4 Å². The van der Waals surface area contributed by atoms with Crippen molar-refractivity contribution in [1.82, 2.24) is 15.6 Å². The summed E-state index contributed by atoms with van der Waals surface area (Å²) in [6.07, 6.45) is 11.9. The molecular formula is C21H25N5. The zero-order valence-corrected chi connectivity index (χ0v) is 15.1. The summed E-state index contributed by atoms with van der Waals surface area (Å²) >= 11 is 0. The zero-order chi connectivity index (χ0) is 18.0. The molecule has 3 aliphatic rings. The predicted octanol–water partition coefficient (Wildman–Crippen LogP) is 3.93. The van der Waals surface area contributed by atoms with Gasteiger partial charge in [0, 0.05) is 6.20 Å². The number of benzene rings is 1. The molecule has 1 saturated heterocycles. The number of hydrazine groups is 2. The highest BCUT2D eigenvalue weighted by molar-refractivity contribution is 5.36. The lowest BCUT2D eigenvalue weighted by atomic mass is 9.78. The van der Waals surface area contributed by atoms with Crippen LogP contribution >= 0.6 is 0 Å². The van der Waals surface area contributed by atoms with Gasteiger partial charge in [-0.25, -0.2) is 5.43 Å². The number of nitrogens with zero attached hydrogens (tertiary/aromatic N) is 4. The summed E-state index contributed by atoms with van der Waals surface area (Å²) in [5, 5.41) is 22.9. The molecule has 0 radical (unpaired) electrons. The largest absolute Gasteiger partial charge is 0.290 e. The monoisotopic (exact) mass is 347 g/mol. The Hall–Kier alpha value is -2.34. The molecule has 4 rings (SSSR count). The minimum Gasteiger partial charge on any atom is -0.290 e. The van der Waals surface area contributed by atoms with Crippen molar-refractivity contribution in [3.8, 4) is 12.1 Å². The van der Waals surface area contributed by atoms with Gasteiger partial charge in [-0.3, -0.25) is 5.01 Å². The highest BCUT2D eigenvalue weighted by Crippen LogP contribution is 2.48. The van der Waals surface area contributed by atoms with Crippen LogP contribution in [0.15, 0.2) is 36.0 Å². The Morgan fingerprint density at radius 3 is 2.19 bits per heavy atom. The van der Waals surface area contributed by atoms with Crippen molar-refractivity contribution < 1.29 is 0 Å². The highest BCUT2D eigenvalue weighted by atomic mass is 15.9. The van der Waals surface area contributed by atoms with E-state index in [0.29, 0.717) is 12.1 Å². The molecule has 1 saturated carbocycles. The number of hydrogen-bond donors (Lipinski definition) is 1. The molecule has 0 aromatic heterocycles. The normalized spacial score (nSPS) is 25.5. The van der Waals surface area contributed by atoms with Crippen LogP contribution in [0.3, 0.4) is 0 Å². The number of nitrogens with one attached hydrogen (secondary N) is 1. The van der Waals surface area contributed by atoms with E-state index in [4.69, 9.17) is 5.26 Å². The SMILES string of the molecule is N#CC1=CN2N(C1)NC(c1ccc(C#N)cc1)C21CCCCCCCC1. The average molecular weight is 347 g/mol. The van der Waals surface area contributed by atoms with Gasteiger partial charge < -0.3 is 0 Å². The van der Waals surface area contributed by atoms with Crippen LogP contribution in [0.25, 0.3) is 0 Å². The molecule has 1 N–H and O–H groups in total. The fraction of sp³-hybridized carbons (Fsp3) is 0.524. The molecule has 1 unspecified atom stereocenters. The summed E-state index contributed by atoms with van der Waals surface area (Å²) in [7, 11) is 0. The van der Waals surface area contributed by atoms with Crippen LogP contribution in [0.5, 0.6) is 0 Å². The second-order valence-electron chi connectivity index (χ2n) is 7.69. The first-order valence-corrected chi connectivity index (χ1v) is 9.71. The van der Waals surface area contributed by atoms with E-state index in [1.54, 1.807) is 0 Å². The van der Waals surface area contributed by atoms with Crippen molar-refractivity contribution in [2.45, 2.75) is 62.9 Å². The maximum absolute atomic E-state index is 9.36. The molecule has 2 heterocycles. The molecule has 2 fully saturated rings. The third-order valence-electron chi connectivity index (χ3n) is 6.12. The Labute approximate surface area is 155 Å². The first-order valence-electron chi connectivity index (χ1n) is 9.71. The van der Waals surface area contributed by atoms with Gasteiger partial charge >= 0.3 is 0 Å². The lowest BCUT2D eigenvalue weighted by Crippen LogP contribution is -2.46. The van der Waals surface area contributed by atoms with E-state index in [9.17, 15) is 5.26 Å².